The molecule has 88 heavy (non-hydrogen) atoms. The molecule has 9 nitrogen and oxygen atoms in total. The van der Waals surface area contributed by atoms with Crippen LogP contribution in [0, 0.1) is 0 Å². The number of aliphatic carboxylic acids is 1. The molecule has 0 aromatic carbocycles. The first-order valence-electron chi connectivity index (χ1n) is 38.3. The standard InChI is InChI=1S/C79H147NO8/c1-6-8-10-12-14-16-18-20-22-24-26-28-30-32-34-36-37-38-39-40-41-42-44-46-48-50-52-54-56-58-60-62-64-66-68-70-77(82)88-75(74-87-79(78(83)84)85-72-71-80(3,4)5)73-86-76(81)69-67-65-63-61-59-57-55-53-51-49-47-45-43-35-33-31-29-27-25-23-21-19-17-15-13-11-9-7-2/h8,10,14,16,20,22,26,28,75,79H,6-7,9,11-13,15,17-19,21,23-25,27,29-74H2,1-5H3/b10-8-,16-14-,22-20-,28-26-. The molecule has 0 aliphatic rings. The number of carbonyl (C=O) groups is 3. The van der Waals surface area contributed by atoms with E-state index in [-0.39, 0.29) is 32.2 Å². The molecule has 0 N–H and O–H groups in total. The summed E-state index contributed by atoms with van der Waals surface area (Å²) in [6.45, 7) is 4.71. The number of allylic oxidation sites excluding steroid dienone is 8. The van der Waals surface area contributed by atoms with Crippen LogP contribution in [-0.4, -0.2) is 82.3 Å². The van der Waals surface area contributed by atoms with Gasteiger partial charge in [0, 0.05) is 12.8 Å². The van der Waals surface area contributed by atoms with Crippen LogP contribution in [-0.2, 0) is 33.3 Å². The van der Waals surface area contributed by atoms with Gasteiger partial charge in [0.15, 0.2) is 12.4 Å². The number of nitrogens with zero attached hydrogens (tertiary/aromatic N) is 1. The Bertz CT molecular complexity index is 1580. The number of quaternary nitrogens is 1. The summed E-state index contributed by atoms with van der Waals surface area (Å²) in [5.74, 6) is -2.25. The Labute approximate surface area is 546 Å². The molecule has 0 aromatic rings. The van der Waals surface area contributed by atoms with E-state index in [2.05, 4.69) is 62.5 Å². The van der Waals surface area contributed by atoms with Crippen molar-refractivity contribution in [1.82, 2.24) is 0 Å². The zero-order valence-electron chi connectivity index (χ0n) is 59.1. The third-order valence-corrected chi connectivity index (χ3v) is 17.3. The van der Waals surface area contributed by atoms with Crippen LogP contribution in [0.1, 0.15) is 380 Å². The zero-order valence-corrected chi connectivity index (χ0v) is 59.1. The minimum atomic E-state index is -1.62. The molecule has 2 atom stereocenters. The number of carboxylic acid groups (broad SMARTS) is 1. The first kappa shape index (κ1) is 85.2. The van der Waals surface area contributed by atoms with Crippen molar-refractivity contribution in [2.75, 3.05) is 47.5 Å². The van der Waals surface area contributed by atoms with Gasteiger partial charge in [0.1, 0.15) is 13.2 Å². The molecule has 0 fully saturated rings. The molecule has 0 saturated carbocycles. The molecular formula is C79H147NO8. The highest BCUT2D eigenvalue weighted by molar-refractivity contribution is 5.70. The molecule has 0 aliphatic carbocycles. The first-order valence-corrected chi connectivity index (χ1v) is 38.3. The number of carbonyl (C=O) groups excluding carboxylic acids is 3. The van der Waals surface area contributed by atoms with Gasteiger partial charge < -0.3 is 33.3 Å². The van der Waals surface area contributed by atoms with Gasteiger partial charge >= 0.3 is 11.9 Å². The molecule has 0 heterocycles. The summed E-state index contributed by atoms with van der Waals surface area (Å²) in [5, 5.41) is 11.8. The fourth-order valence-electron chi connectivity index (χ4n) is 11.5. The van der Waals surface area contributed by atoms with E-state index in [1.54, 1.807) is 0 Å². The molecule has 0 bridgehead atoms. The second kappa shape index (κ2) is 70.1. The number of carboxylic acids is 1. The average molecular weight is 1240 g/mol. The van der Waals surface area contributed by atoms with Gasteiger partial charge in [0.05, 0.1) is 40.3 Å². The van der Waals surface area contributed by atoms with Crippen LogP contribution in [0.3, 0.4) is 0 Å². The summed E-state index contributed by atoms with van der Waals surface area (Å²) in [6.07, 6.45) is 88.0. The van der Waals surface area contributed by atoms with Crippen LogP contribution in [0.5, 0.6) is 0 Å². The van der Waals surface area contributed by atoms with Crippen molar-refractivity contribution in [3.63, 3.8) is 0 Å². The molecule has 0 saturated heterocycles. The minimum Gasteiger partial charge on any atom is -0.545 e. The SMILES string of the molecule is CC/C=C\C/C=C\C/C=C\C/C=C\CCCCCCCCCCCCCCCCCCCCCCCCC(=O)OC(COC(=O)CCCCCCCCCCCCCCCCCCCCCCCCCCCCCC)COC(OCC[N+](C)(C)C)C(=O)[O-]. The molecule has 0 spiro atoms. The fraction of sp³-hybridized carbons (Fsp3) is 0.861. The van der Waals surface area contributed by atoms with Crippen molar-refractivity contribution in [3.05, 3.63) is 48.6 Å². The Kier molecular flexibility index (Phi) is 67.9. The number of rotatable bonds is 72. The van der Waals surface area contributed by atoms with Gasteiger partial charge in [-0.1, -0.05) is 364 Å². The van der Waals surface area contributed by atoms with Crippen LogP contribution in [0.15, 0.2) is 48.6 Å². The number of unbranched alkanes of at least 4 members (excludes halogenated alkanes) is 49. The lowest BCUT2D eigenvalue weighted by Crippen LogP contribution is -2.44. The van der Waals surface area contributed by atoms with E-state index >= 15 is 0 Å². The van der Waals surface area contributed by atoms with Gasteiger partial charge in [-0.25, -0.2) is 0 Å². The number of hydrogen-bond acceptors (Lipinski definition) is 8. The Morgan fingerprint density at radius 3 is 0.966 bits per heavy atom. The van der Waals surface area contributed by atoms with Crippen molar-refractivity contribution >= 4 is 17.9 Å². The Balaban J connectivity index is 3.99. The minimum absolute atomic E-state index is 0.151. The maximum Gasteiger partial charge on any atom is 0.306 e. The van der Waals surface area contributed by atoms with Crippen LogP contribution < -0.4 is 5.11 Å². The quantitative estimate of drug-likeness (QED) is 0.0195. The zero-order chi connectivity index (χ0) is 64.0. The van der Waals surface area contributed by atoms with Crippen LogP contribution in [0.2, 0.25) is 0 Å². The van der Waals surface area contributed by atoms with Crippen molar-refractivity contribution < 1.29 is 42.9 Å². The van der Waals surface area contributed by atoms with Gasteiger partial charge in [-0.3, -0.25) is 9.59 Å². The normalized spacial score (nSPS) is 12.9. The van der Waals surface area contributed by atoms with E-state index in [0.29, 0.717) is 17.4 Å². The highest BCUT2D eigenvalue weighted by Crippen LogP contribution is 2.20. The molecule has 0 radical (unpaired) electrons. The van der Waals surface area contributed by atoms with Crippen LogP contribution >= 0.6 is 0 Å². The molecule has 0 amide bonds. The average Bonchev–Trinajstić information content (AvgIpc) is 3.54. The lowest BCUT2D eigenvalue weighted by Gasteiger charge is -2.26. The maximum atomic E-state index is 13.0. The highest BCUT2D eigenvalue weighted by Gasteiger charge is 2.22. The summed E-state index contributed by atoms with van der Waals surface area (Å²) in [4.78, 5) is 37.6. The summed E-state index contributed by atoms with van der Waals surface area (Å²) < 4.78 is 22.9. The van der Waals surface area contributed by atoms with Gasteiger partial charge in [-0.05, 0) is 51.4 Å². The summed E-state index contributed by atoms with van der Waals surface area (Å²) in [7, 11) is 5.95. The largest absolute Gasteiger partial charge is 0.545 e. The Morgan fingerprint density at radius 2 is 0.648 bits per heavy atom. The summed E-state index contributed by atoms with van der Waals surface area (Å²) in [6, 6.07) is 0. The van der Waals surface area contributed by atoms with E-state index in [1.807, 2.05) is 21.1 Å². The fourth-order valence-corrected chi connectivity index (χ4v) is 11.5. The molecule has 0 aliphatic heterocycles. The number of hydrogen-bond donors (Lipinski definition) is 0. The lowest BCUT2D eigenvalue weighted by molar-refractivity contribution is -0.870. The lowest BCUT2D eigenvalue weighted by atomic mass is 10.0. The number of esters is 2. The van der Waals surface area contributed by atoms with Crippen molar-refractivity contribution in [1.29, 1.82) is 0 Å². The molecule has 0 aromatic heterocycles. The van der Waals surface area contributed by atoms with E-state index in [4.69, 9.17) is 18.9 Å². The second-order valence-electron chi connectivity index (χ2n) is 27.3. The Hall–Kier alpha value is -2.75. The third-order valence-electron chi connectivity index (χ3n) is 17.3. The van der Waals surface area contributed by atoms with Gasteiger partial charge in [0.2, 0.25) is 0 Å². The first-order chi connectivity index (χ1) is 43.1. The highest BCUT2D eigenvalue weighted by atomic mass is 16.7. The van der Waals surface area contributed by atoms with Gasteiger partial charge in [0.25, 0.3) is 0 Å². The monoisotopic (exact) mass is 1240 g/mol. The predicted molar refractivity (Wildman–Crippen MR) is 376 cm³/mol. The Morgan fingerprint density at radius 1 is 0.352 bits per heavy atom. The van der Waals surface area contributed by atoms with Crippen molar-refractivity contribution in [2.45, 2.75) is 392 Å². The smallest absolute Gasteiger partial charge is 0.306 e. The molecule has 0 rings (SSSR count). The van der Waals surface area contributed by atoms with E-state index in [9.17, 15) is 19.5 Å². The van der Waals surface area contributed by atoms with Crippen LogP contribution in [0.4, 0.5) is 0 Å². The molecule has 2 unspecified atom stereocenters. The molecule has 9 heteroatoms. The van der Waals surface area contributed by atoms with Crippen LogP contribution in [0.25, 0.3) is 0 Å². The van der Waals surface area contributed by atoms with Gasteiger partial charge in [-0.2, -0.15) is 0 Å². The third kappa shape index (κ3) is 70.7. The topological polar surface area (TPSA) is 111 Å². The van der Waals surface area contributed by atoms with Crippen molar-refractivity contribution in [2.24, 2.45) is 0 Å². The molecular weight excluding hydrogens is 1090 g/mol. The molecule has 516 valence electrons. The second-order valence-corrected chi connectivity index (χ2v) is 27.3. The summed E-state index contributed by atoms with van der Waals surface area (Å²) >= 11 is 0. The predicted octanol–water partition coefficient (Wildman–Crippen LogP) is 22.8. The maximum absolute atomic E-state index is 13.0. The van der Waals surface area contributed by atoms with E-state index in [0.717, 1.165) is 64.2 Å². The van der Waals surface area contributed by atoms with Gasteiger partial charge in [-0.15, -0.1) is 0 Å². The number of likely N-dealkylation sites (N-methyl/N-ethyl adjacent to an activating group) is 1. The van der Waals surface area contributed by atoms with E-state index in [1.165, 1.54) is 289 Å². The summed E-state index contributed by atoms with van der Waals surface area (Å²) in [5.41, 5.74) is 0. The number of ether oxygens (including phenoxy) is 4. The van der Waals surface area contributed by atoms with E-state index < -0.39 is 24.3 Å². The van der Waals surface area contributed by atoms with Crippen molar-refractivity contribution in [3.8, 4) is 0 Å².